The average Bonchev–Trinajstić information content (AvgIpc) is 2.75. The van der Waals surface area contributed by atoms with Gasteiger partial charge in [-0.3, -0.25) is 9.59 Å². The number of carbonyl (C=O) groups is 3. The van der Waals surface area contributed by atoms with Gasteiger partial charge in [0.05, 0.1) is 6.61 Å². The van der Waals surface area contributed by atoms with E-state index in [1.807, 2.05) is 44.2 Å². The molecule has 8 heteroatoms. The third-order valence-corrected chi connectivity index (χ3v) is 5.58. The molecule has 1 aliphatic carbocycles. The molecule has 2 atom stereocenters. The van der Waals surface area contributed by atoms with Gasteiger partial charge >= 0.3 is 6.09 Å². The molecule has 0 heterocycles. The highest BCUT2D eigenvalue weighted by Crippen LogP contribution is 2.26. The van der Waals surface area contributed by atoms with E-state index in [4.69, 9.17) is 4.74 Å². The first kappa shape index (κ1) is 26.6. The second-order valence-corrected chi connectivity index (χ2v) is 9.88. The quantitative estimate of drug-likeness (QED) is 0.551. The van der Waals surface area contributed by atoms with Crippen molar-refractivity contribution in [3.8, 4) is 0 Å². The summed E-state index contributed by atoms with van der Waals surface area (Å²) in [7, 11) is 0. The number of hydrogen-bond acceptors (Lipinski definition) is 5. The van der Waals surface area contributed by atoms with Crippen LogP contribution in [-0.4, -0.2) is 58.2 Å². The van der Waals surface area contributed by atoms with Gasteiger partial charge in [-0.2, -0.15) is 0 Å². The average molecular weight is 462 g/mol. The van der Waals surface area contributed by atoms with Crippen LogP contribution in [0, 0.1) is 0 Å². The van der Waals surface area contributed by atoms with Gasteiger partial charge in [-0.05, 0) is 53.0 Å². The van der Waals surface area contributed by atoms with E-state index < -0.39 is 36.3 Å². The minimum absolute atomic E-state index is 0.0788. The number of amides is 3. The molecule has 3 N–H and O–H groups in total. The molecule has 0 radical (unpaired) electrons. The van der Waals surface area contributed by atoms with E-state index >= 15 is 0 Å². The number of rotatable bonds is 8. The predicted molar refractivity (Wildman–Crippen MR) is 126 cm³/mol. The fraction of sp³-hybridized carbons (Fsp3) is 0.640. The summed E-state index contributed by atoms with van der Waals surface area (Å²) < 4.78 is 5.24. The molecule has 0 bridgehead atoms. The van der Waals surface area contributed by atoms with Crippen molar-refractivity contribution in [1.82, 2.24) is 15.5 Å². The number of ether oxygens (including phenoxy) is 1. The molecule has 1 aromatic rings. The molecular weight excluding hydrogens is 422 g/mol. The monoisotopic (exact) mass is 461 g/mol. The van der Waals surface area contributed by atoms with Crippen LogP contribution in [0.2, 0.25) is 0 Å². The highest BCUT2D eigenvalue weighted by Gasteiger charge is 2.38. The number of carbonyl (C=O) groups excluding carboxylic acids is 3. The number of nitrogens with zero attached hydrogens (tertiary/aromatic N) is 1. The summed E-state index contributed by atoms with van der Waals surface area (Å²) in [6.07, 6.45) is 4.34. The Labute approximate surface area is 197 Å². The van der Waals surface area contributed by atoms with Crippen LogP contribution in [-0.2, 0) is 14.3 Å². The second-order valence-electron chi connectivity index (χ2n) is 9.88. The van der Waals surface area contributed by atoms with E-state index in [9.17, 15) is 19.5 Å². The number of benzene rings is 1. The Bertz CT molecular complexity index is 785. The summed E-state index contributed by atoms with van der Waals surface area (Å²) in [5, 5.41) is 15.5. The lowest BCUT2D eigenvalue weighted by Crippen LogP contribution is -2.56. The molecule has 8 nitrogen and oxygen atoms in total. The summed E-state index contributed by atoms with van der Waals surface area (Å²) in [5.41, 5.74) is -0.0843. The molecule has 1 aromatic carbocycles. The van der Waals surface area contributed by atoms with Crippen molar-refractivity contribution in [2.75, 3.05) is 6.61 Å². The number of aliphatic hydroxyl groups is 1. The Morgan fingerprint density at radius 3 is 2.21 bits per heavy atom. The molecule has 3 amide bonds. The van der Waals surface area contributed by atoms with Crippen LogP contribution in [0.25, 0.3) is 0 Å². The molecule has 0 spiro atoms. The summed E-state index contributed by atoms with van der Waals surface area (Å²) in [6.45, 7) is 8.14. The SMILES string of the molecule is CC(C)N(C(=O)C(CO)NC(=O)OC(C)(C)C)C(C(=O)NC1CCCCC1)c1ccccc1. The van der Waals surface area contributed by atoms with Gasteiger partial charge in [0, 0.05) is 12.1 Å². The largest absolute Gasteiger partial charge is 0.444 e. The minimum Gasteiger partial charge on any atom is -0.444 e. The molecule has 0 aliphatic heterocycles. The Morgan fingerprint density at radius 1 is 1.09 bits per heavy atom. The maximum atomic E-state index is 13.5. The first-order valence-corrected chi connectivity index (χ1v) is 11.8. The standard InChI is InChI=1S/C25H39N3O5/c1-17(2)28(23(31)20(16-29)27-24(32)33-25(3,4)5)21(18-12-8-6-9-13-18)22(30)26-19-14-10-7-11-15-19/h6,8-9,12-13,17,19-21,29H,7,10-11,14-16H2,1-5H3,(H,26,30)(H,27,32). The molecule has 184 valence electrons. The Kier molecular flexibility index (Phi) is 9.70. The lowest BCUT2D eigenvalue weighted by atomic mass is 9.94. The molecular formula is C25H39N3O5. The zero-order chi connectivity index (χ0) is 24.6. The van der Waals surface area contributed by atoms with Gasteiger partial charge in [-0.15, -0.1) is 0 Å². The number of nitrogens with one attached hydrogen (secondary N) is 2. The molecule has 0 aromatic heterocycles. The van der Waals surface area contributed by atoms with Gasteiger partial charge < -0.3 is 25.4 Å². The Morgan fingerprint density at radius 2 is 1.70 bits per heavy atom. The van der Waals surface area contributed by atoms with E-state index in [0.717, 1.165) is 25.7 Å². The second kappa shape index (κ2) is 12.0. The van der Waals surface area contributed by atoms with Gasteiger partial charge in [0.1, 0.15) is 17.7 Å². The highest BCUT2D eigenvalue weighted by atomic mass is 16.6. The zero-order valence-electron chi connectivity index (χ0n) is 20.5. The van der Waals surface area contributed by atoms with Crippen LogP contribution < -0.4 is 10.6 Å². The lowest BCUT2D eigenvalue weighted by molar-refractivity contribution is -0.145. The van der Waals surface area contributed by atoms with Crippen LogP contribution in [0.5, 0.6) is 0 Å². The smallest absolute Gasteiger partial charge is 0.408 e. The van der Waals surface area contributed by atoms with Crippen molar-refractivity contribution in [3.63, 3.8) is 0 Å². The van der Waals surface area contributed by atoms with Crippen molar-refractivity contribution < 1.29 is 24.2 Å². The minimum atomic E-state index is -1.24. The van der Waals surface area contributed by atoms with Crippen LogP contribution in [0.15, 0.2) is 30.3 Å². The number of alkyl carbamates (subject to hydrolysis) is 1. The summed E-state index contributed by atoms with van der Waals surface area (Å²) >= 11 is 0. The fourth-order valence-corrected chi connectivity index (χ4v) is 4.10. The first-order chi connectivity index (χ1) is 15.5. The third kappa shape index (κ3) is 8.03. The number of aliphatic hydroxyl groups excluding tert-OH is 1. The molecule has 1 aliphatic rings. The third-order valence-electron chi connectivity index (χ3n) is 5.58. The van der Waals surface area contributed by atoms with Gasteiger partial charge in [0.25, 0.3) is 0 Å². The molecule has 0 saturated heterocycles. The van der Waals surface area contributed by atoms with Crippen LogP contribution in [0.3, 0.4) is 0 Å². The van der Waals surface area contributed by atoms with Crippen LogP contribution in [0.4, 0.5) is 4.79 Å². The molecule has 2 unspecified atom stereocenters. The predicted octanol–water partition coefficient (Wildman–Crippen LogP) is 3.30. The van der Waals surface area contributed by atoms with E-state index in [-0.39, 0.29) is 18.0 Å². The molecule has 2 rings (SSSR count). The van der Waals surface area contributed by atoms with Gasteiger partial charge in [0.15, 0.2) is 0 Å². The van der Waals surface area contributed by atoms with Gasteiger partial charge in [0.2, 0.25) is 11.8 Å². The van der Waals surface area contributed by atoms with E-state index in [1.54, 1.807) is 20.8 Å². The molecule has 1 fully saturated rings. The summed E-state index contributed by atoms with van der Waals surface area (Å²) in [6, 6.07) is 6.69. The topological polar surface area (TPSA) is 108 Å². The number of hydrogen-bond donors (Lipinski definition) is 3. The normalized spacial score (nSPS) is 16.6. The van der Waals surface area contributed by atoms with E-state index in [2.05, 4.69) is 10.6 Å². The van der Waals surface area contributed by atoms with Crippen molar-refractivity contribution >= 4 is 17.9 Å². The summed E-state index contributed by atoms with van der Waals surface area (Å²) in [4.78, 5) is 40.8. The van der Waals surface area contributed by atoms with Gasteiger partial charge in [-0.1, -0.05) is 49.6 Å². The van der Waals surface area contributed by atoms with E-state index in [0.29, 0.717) is 5.56 Å². The van der Waals surface area contributed by atoms with Crippen molar-refractivity contribution in [2.24, 2.45) is 0 Å². The maximum Gasteiger partial charge on any atom is 0.408 e. The lowest BCUT2D eigenvalue weighted by Gasteiger charge is -2.37. The zero-order valence-corrected chi connectivity index (χ0v) is 20.5. The Balaban J connectivity index is 2.32. The molecule has 33 heavy (non-hydrogen) atoms. The van der Waals surface area contributed by atoms with Gasteiger partial charge in [-0.25, -0.2) is 4.79 Å². The van der Waals surface area contributed by atoms with Crippen molar-refractivity contribution in [3.05, 3.63) is 35.9 Å². The highest BCUT2D eigenvalue weighted by molar-refractivity contribution is 5.92. The van der Waals surface area contributed by atoms with Crippen LogP contribution >= 0.6 is 0 Å². The Hall–Kier alpha value is -2.61. The fourth-order valence-electron chi connectivity index (χ4n) is 4.10. The van der Waals surface area contributed by atoms with Crippen molar-refractivity contribution in [2.45, 2.75) is 96.5 Å². The molecule has 1 saturated carbocycles. The summed E-state index contributed by atoms with van der Waals surface area (Å²) in [5.74, 6) is -0.810. The first-order valence-electron chi connectivity index (χ1n) is 11.8. The van der Waals surface area contributed by atoms with E-state index in [1.165, 1.54) is 11.3 Å². The maximum absolute atomic E-state index is 13.5. The van der Waals surface area contributed by atoms with Crippen molar-refractivity contribution in [1.29, 1.82) is 0 Å². The van der Waals surface area contributed by atoms with Crippen LogP contribution in [0.1, 0.15) is 78.3 Å².